The van der Waals surface area contributed by atoms with E-state index in [9.17, 15) is 4.79 Å². The molecule has 0 radical (unpaired) electrons. The van der Waals surface area contributed by atoms with Crippen molar-refractivity contribution in [2.75, 3.05) is 0 Å². The lowest BCUT2D eigenvalue weighted by molar-refractivity contribution is -0.143. The van der Waals surface area contributed by atoms with Gasteiger partial charge in [0.1, 0.15) is 11.8 Å². The van der Waals surface area contributed by atoms with Crippen LogP contribution in [0.1, 0.15) is 11.8 Å². The van der Waals surface area contributed by atoms with Crippen LogP contribution < -0.4 is 5.32 Å². The fraction of sp³-hybridized carbons (Fsp3) is 0.286. The van der Waals surface area contributed by atoms with Crippen LogP contribution in [0.2, 0.25) is 0 Å². The number of nitrogens with one attached hydrogen (secondary N) is 1. The Morgan fingerprint density at radius 1 is 1.64 bits per heavy atom. The first-order chi connectivity index (χ1) is 5.29. The molecule has 4 heteroatoms. The van der Waals surface area contributed by atoms with E-state index >= 15 is 0 Å². The number of aliphatic hydroxyl groups excluding tert-OH is 1. The maximum Gasteiger partial charge on any atom is 0.252 e. The fourth-order valence-electron chi connectivity index (χ4n) is 1.07. The Bertz CT molecular complexity index is 267. The van der Waals surface area contributed by atoms with Gasteiger partial charge in [0.15, 0.2) is 6.10 Å². The molecule has 0 spiro atoms. The van der Waals surface area contributed by atoms with Crippen molar-refractivity contribution in [1.29, 1.82) is 0 Å². The highest BCUT2D eigenvalue weighted by Crippen LogP contribution is 2.24. The van der Waals surface area contributed by atoms with E-state index in [1.165, 1.54) is 6.26 Å². The molecule has 2 N–H and O–H groups in total. The molecule has 1 fully saturated rings. The van der Waals surface area contributed by atoms with Gasteiger partial charge < -0.3 is 14.8 Å². The Morgan fingerprint density at radius 3 is 2.91 bits per heavy atom. The minimum atomic E-state index is -0.943. The number of aliphatic hydroxyl groups is 1. The van der Waals surface area contributed by atoms with Crippen LogP contribution in [0, 0.1) is 0 Å². The highest BCUT2D eigenvalue weighted by molar-refractivity contribution is 5.88. The smallest absolute Gasteiger partial charge is 0.252 e. The lowest BCUT2D eigenvalue weighted by Gasteiger charge is -2.30. The molecular formula is C7H7NO3. The summed E-state index contributed by atoms with van der Waals surface area (Å²) in [5, 5.41) is 11.6. The molecule has 1 aromatic heterocycles. The summed E-state index contributed by atoms with van der Waals surface area (Å²) in [7, 11) is 0. The maximum atomic E-state index is 10.5. The molecule has 0 bridgehead atoms. The Balaban J connectivity index is 2.15. The predicted molar refractivity (Wildman–Crippen MR) is 35.6 cm³/mol. The standard InChI is InChI=1S/C7H7NO3/c9-6-5(8-7(6)10)4-2-1-3-11-4/h1-3,5-6,9H,(H,8,10)/t5-,6+/m0/s1. The zero-order valence-electron chi connectivity index (χ0n) is 5.65. The SMILES string of the molecule is O=C1N[C@@H](c2ccco2)[C@H]1O. The average molecular weight is 153 g/mol. The van der Waals surface area contributed by atoms with Crippen molar-refractivity contribution in [2.24, 2.45) is 0 Å². The topological polar surface area (TPSA) is 62.5 Å². The van der Waals surface area contributed by atoms with E-state index in [0.29, 0.717) is 5.76 Å². The van der Waals surface area contributed by atoms with Gasteiger partial charge in [0.2, 0.25) is 0 Å². The third-order valence-electron chi connectivity index (χ3n) is 1.73. The highest BCUT2D eigenvalue weighted by atomic mass is 16.3. The molecule has 2 heterocycles. The highest BCUT2D eigenvalue weighted by Gasteiger charge is 2.40. The molecule has 58 valence electrons. The molecule has 11 heavy (non-hydrogen) atoms. The van der Waals surface area contributed by atoms with Gasteiger partial charge in [0, 0.05) is 0 Å². The maximum absolute atomic E-state index is 10.5. The van der Waals surface area contributed by atoms with Crippen LogP contribution in [0.15, 0.2) is 22.8 Å². The van der Waals surface area contributed by atoms with E-state index in [0.717, 1.165) is 0 Å². The Hall–Kier alpha value is -1.29. The summed E-state index contributed by atoms with van der Waals surface area (Å²) in [6.45, 7) is 0. The fourth-order valence-corrected chi connectivity index (χ4v) is 1.07. The molecule has 0 saturated carbocycles. The van der Waals surface area contributed by atoms with Gasteiger partial charge in [-0.15, -0.1) is 0 Å². The van der Waals surface area contributed by atoms with Crippen molar-refractivity contribution in [3.05, 3.63) is 24.2 Å². The van der Waals surface area contributed by atoms with Crippen molar-refractivity contribution < 1.29 is 14.3 Å². The van der Waals surface area contributed by atoms with Crippen molar-refractivity contribution >= 4 is 5.91 Å². The summed E-state index contributed by atoms with van der Waals surface area (Å²) in [5.41, 5.74) is 0. The van der Waals surface area contributed by atoms with E-state index < -0.39 is 6.10 Å². The summed E-state index contributed by atoms with van der Waals surface area (Å²) >= 11 is 0. The number of carbonyl (C=O) groups is 1. The molecule has 1 aromatic rings. The monoisotopic (exact) mass is 153 g/mol. The van der Waals surface area contributed by atoms with E-state index in [2.05, 4.69) is 5.32 Å². The normalized spacial score (nSPS) is 29.4. The first-order valence-corrected chi connectivity index (χ1v) is 3.31. The van der Waals surface area contributed by atoms with Gasteiger partial charge in [-0.05, 0) is 12.1 Å². The van der Waals surface area contributed by atoms with Crippen LogP contribution in [0.25, 0.3) is 0 Å². The van der Waals surface area contributed by atoms with Gasteiger partial charge in [-0.1, -0.05) is 0 Å². The number of hydrogen-bond acceptors (Lipinski definition) is 3. The Kier molecular flexibility index (Phi) is 1.22. The average Bonchev–Trinajstić information content (AvgIpc) is 2.51. The van der Waals surface area contributed by atoms with Gasteiger partial charge in [0.05, 0.1) is 6.26 Å². The van der Waals surface area contributed by atoms with E-state index in [1.54, 1.807) is 12.1 Å². The number of β-lactam (4-membered cyclic amide) rings is 1. The minimum absolute atomic E-state index is 0.341. The quantitative estimate of drug-likeness (QED) is 0.550. The van der Waals surface area contributed by atoms with E-state index in [4.69, 9.17) is 9.52 Å². The number of rotatable bonds is 1. The third-order valence-corrected chi connectivity index (χ3v) is 1.73. The molecule has 0 unspecified atom stereocenters. The zero-order valence-corrected chi connectivity index (χ0v) is 5.65. The van der Waals surface area contributed by atoms with E-state index in [1.807, 2.05) is 0 Å². The molecule has 2 rings (SSSR count). The van der Waals surface area contributed by atoms with E-state index in [-0.39, 0.29) is 11.9 Å². The molecule has 1 amide bonds. The molecule has 4 nitrogen and oxygen atoms in total. The molecule has 1 aliphatic rings. The number of carbonyl (C=O) groups excluding carboxylic acids is 1. The van der Waals surface area contributed by atoms with Gasteiger partial charge in [0.25, 0.3) is 5.91 Å². The van der Waals surface area contributed by atoms with Crippen molar-refractivity contribution in [2.45, 2.75) is 12.1 Å². The summed E-state index contributed by atoms with van der Waals surface area (Å²) in [5.74, 6) is 0.253. The van der Waals surface area contributed by atoms with Crippen LogP contribution in [-0.2, 0) is 4.79 Å². The summed E-state index contributed by atoms with van der Waals surface area (Å²) in [6.07, 6.45) is 0.563. The summed E-state index contributed by atoms with van der Waals surface area (Å²) < 4.78 is 4.98. The van der Waals surface area contributed by atoms with Crippen LogP contribution >= 0.6 is 0 Å². The first kappa shape index (κ1) is 6.42. The minimum Gasteiger partial charge on any atom is -0.467 e. The van der Waals surface area contributed by atoms with Crippen molar-refractivity contribution in [3.63, 3.8) is 0 Å². The molecule has 2 atom stereocenters. The van der Waals surface area contributed by atoms with Gasteiger partial charge in [-0.25, -0.2) is 0 Å². The van der Waals surface area contributed by atoms with Gasteiger partial charge >= 0.3 is 0 Å². The molecule has 0 aliphatic carbocycles. The van der Waals surface area contributed by atoms with Gasteiger partial charge in [-0.3, -0.25) is 4.79 Å². The number of amides is 1. The molecule has 0 aromatic carbocycles. The molecular weight excluding hydrogens is 146 g/mol. The molecule has 1 saturated heterocycles. The van der Waals surface area contributed by atoms with Crippen molar-refractivity contribution in [3.8, 4) is 0 Å². The number of furan rings is 1. The summed E-state index contributed by atoms with van der Waals surface area (Å²) in [6, 6.07) is 3.08. The largest absolute Gasteiger partial charge is 0.467 e. The Labute approximate surface area is 62.8 Å². The lowest BCUT2D eigenvalue weighted by Crippen LogP contribution is -2.55. The zero-order chi connectivity index (χ0) is 7.84. The second-order valence-corrected chi connectivity index (χ2v) is 2.45. The van der Waals surface area contributed by atoms with Gasteiger partial charge in [-0.2, -0.15) is 0 Å². The van der Waals surface area contributed by atoms with Crippen LogP contribution in [-0.4, -0.2) is 17.1 Å². The first-order valence-electron chi connectivity index (χ1n) is 3.31. The lowest BCUT2D eigenvalue weighted by atomic mass is 10.0. The van der Waals surface area contributed by atoms with Crippen LogP contribution in [0.5, 0.6) is 0 Å². The predicted octanol–water partition coefficient (Wildman–Crippen LogP) is -0.189. The molecule has 1 aliphatic heterocycles. The van der Waals surface area contributed by atoms with Crippen molar-refractivity contribution in [1.82, 2.24) is 5.32 Å². The van der Waals surface area contributed by atoms with Crippen LogP contribution in [0.4, 0.5) is 0 Å². The second-order valence-electron chi connectivity index (χ2n) is 2.45. The third kappa shape index (κ3) is 0.832. The Morgan fingerprint density at radius 2 is 2.45 bits per heavy atom. The second kappa shape index (κ2) is 2.10. The van der Waals surface area contributed by atoms with Crippen LogP contribution in [0.3, 0.4) is 0 Å². The number of hydrogen-bond donors (Lipinski definition) is 2. The summed E-state index contributed by atoms with van der Waals surface area (Å²) in [4.78, 5) is 10.5.